The predicted octanol–water partition coefficient (Wildman–Crippen LogP) is 1.16. The Labute approximate surface area is 110 Å². The number of carbonyl (C=O) groups excluding carboxylic acids is 2. The lowest BCUT2D eigenvalue weighted by Crippen LogP contribution is -2.41. The molecule has 0 aliphatic heterocycles. The van der Waals surface area contributed by atoms with Crippen LogP contribution in [0.5, 0.6) is 0 Å². The largest absolute Gasteiger partial charge is 0.469 e. The van der Waals surface area contributed by atoms with E-state index in [2.05, 4.69) is 4.74 Å². The topological polar surface area (TPSA) is 72.6 Å². The van der Waals surface area contributed by atoms with Crippen LogP contribution in [0, 0.1) is 5.41 Å². The Morgan fingerprint density at radius 1 is 1.33 bits per heavy atom. The van der Waals surface area contributed by atoms with Crippen molar-refractivity contribution < 1.29 is 14.3 Å². The highest BCUT2D eigenvalue weighted by Gasteiger charge is 2.24. The molecule has 1 unspecified atom stereocenters. The van der Waals surface area contributed by atoms with Crippen molar-refractivity contribution in [2.24, 2.45) is 11.1 Å². The van der Waals surface area contributed by atoms with Gasteiger partial charge in [-0.25, -0.2) is 0 Å². The Morgan fingerprint density at radius 3 is 2.33 bits per heavy atom. The Hall–Kier alpha value is -1.10. The Morgan fingerprint density at radius 2 is 1.89 bits per heavy atom. The van der Waals surface area contributed by atoms with E-state index in [0.29, 0.717) is 25.8 Å². The van der Waals surface area contributed by atoms with Gasteiger partial charge < -0.3 is 15.4 Å². The van der Waals surface area contributed by atoms with Gasteiger partial charge in [0.15, 0.2) is 0 Å². The second-order valence-corrected chi connectivity index (χ2v) is 5.67. The minimum absolute atomic E-state index is 0.0160. The first-order chi connectivity index (χ1) is 8.18. The normalized spacial score (nSPS) is 13.0. The minimum atomic E-state index is -0.248. The van der Waals surface area contributed by atoms with Crippen molar-refractivity contribution in [3.8, 4) is 0 Å². The molecule has 18 heavy (non-hydrogen) atoms. The molecule has 0 rings (SSSR count). The number of ether oxygens (including phenoxy) is 1. The first kappa shape index (κ1) is 16.9. The van der Waals surface area contributed by atoms with Gasteiger partial charge in [0.25, 0.3) is 0 Å². The first-order valence-electron chi connectivity index (χ1n) is 6.25. The van der Waals surface area contributed by atoms with Crippen LogP contribution in [0.1, 0.15) is 40.0 Å². The molecule has 0 aromatic carbocycles. The zero-order valence-electron chi connectivity index (χ0n) is 12.2. The molecule has 1 amide bonds. The number of amides is 1. The summed E-state index contributed by atoms with van der Waals surface area (Å²) in [5.74, 6) is -0.232. The summed E-state index contributed by atoms with van der Waals surface area (Å²) in [5, 5.41) is 0. The van der Waals surface area contributed by atoms with Gasteiger partial charge in [-0.15, -0.1) is 0 Å². The summed E-state index contributed by atoms with van der Waals surface area (Å²) in [4.78, 5) is 24.4. The molecule has 0 aliphatic carbocycles. The number of nitrogens with zero attached hydrogens (tertiary/aromatic N) is 1. The average molecular weight is 258 g/mol. The van der Waals surface area contributed by atoms with Crippen LogP contribution in [0.4, 0.5) is 0 Å². The molecule has 2 N–H and O–H groups in total. The van der Waals surface area contributed by atoms with E-state index in [0.717, 1.165) is 0 Å². The summed E-state index contributed by atoms with van der Waals surface area (Å²) in [6.45, 7) is 6.59. The van der Waals surface area contributed by atoms with Crippen molar-refractivity contribution in [2.75, 3.05) is 20.7 Å². The number of nitrogens with two attached hydrogens (primary N) is 1. The first-order valence-corrected chi connectivity index (χ1v) is 6.25. The van der Waals surface area contributed by atoms with Gasteiger partial charge in [-0.1, -0.05) is 20.8 Å². The molecule has 0 saturated heterocycles. The minimum Gasteiger partial charge on any atom is -0.469 e. The zero-order chi connectivity index (χ0) is 14.3. The number of carbonyl (C=O) groups is 2. The van der Waals surface area contributed by atoms with Crippen LogP contribution in [-0.2, 0) is 14.3 Å². The summed E-state index contributed by atoms with van der Waals surface area (Å²) in [5.41, 5.74) is 5.89. The molecular formula is C13H26N2O3. The summed E-state index contributed by atoms with van der Waals surface area (Å²) >= 11 is 0. The fraction of sp³-hybridized carbons (Fsp3) is 0.846. The number of methoxy groups -OCH3 is 1. The number of esters is 1. The van der Waals surface area contributed by atoms with E-state index in [-0.39, 0.29) is 23.3 Å². The summed E-state index contributed by atoms with van der Waals surface area (Å²) in [6.07, 6.45) is 1.28. The van der Waals surface area contributed by atoms with Crippen molar-refractivity contribution in [2.45, 2.75) is 46.1 Å². The van der Waals surface area contributed by atoms with E-state index in [9.17, 15) is 9.59 Å². The predicted molar refractivity (Wildman–Crippen MR) is 70.9 cm³/mol. The Kier molecular flexibility index (Phi) is 6.91. The van der Waals surface area contributed by atoms with E-state index >= 15 is 0 Å². The van der Waals surface area contributed by atoms with Crippen LogP contribution < -0.4 is 5.73 Å². The fourth-order valence-electron chi connectivity index (χ4n) is 1.34. The smallest absolute Gasteiger partial charge is 0.305 e. The molecule has 0 aliphatic rings. The van der Waals surface area contributed by atoms with Crippen molar-refractivity contribution in [1.82, 2.24) is 4.90 Å². The molecule has 0 aromatic heterocycles. The monoisotopic (exact) mass is 258 g/mol. The van der Waals surface area contributed by atoms with Crippen molar-refractivity contribution in [3.05, 3.63) is 0 Å². The number of hydrogen-bond acceptors (Lipinski definition) is 4. The number of hydrogen-bond donors (Lipinski definition) is 1. The van der Waals surface area contributed by atoms with Crippen LogP contribution in [-0.4, -0.2) is 43.5 Å². The van der Waals surface area contributed by atoms with Gasteiger partial charge in [0, 0.05) is 32.5 Å². The van der Waals surface area contributed by atoms with Crippen LogP contribution in [0.15, 0.2) is 0 Å². The lowest BCUT2D eigenvalue weighted by Gasteiger charge is -2.28. The SMILES string of the molecule is COC(=O)CCCN(C)C(=O)CC(N)C(C)(C)C. The molecule has 1 atom stereocenters. The third kappa shape index (κ3) is 6.59. The van der Waals surface area contributed by atoms with Gasteiger partial charge in [-0.3, -0.25) is 9.59 Å². The van der Waals surface area contributed by atoms with Crippen molar-refractivity contribution in [1.29, 1.82) is 0 Å². The molecule has 106 valence electrons. The highest BCUT2D eigenvalue weighted by molar-refractivity contribution is 5.76. The van der Waals surface area contributed by atoms with Gasteiger partial charge in [0.1, 0.15) is 0 Å². The lowest BCUT2D eigenvalue weighted by molar-refractivity contribution is -0.141. The third-order valence-corrected chi connectivity index (χ3v) is 3.03. The van der Waals surface area contributed by atoms with Gasteiger partial charge in [0.05, 0.1) is 7.11 Å². The number of rotatable bonds is 6. The molecule has 5 heteroatoms. The van der Waals surface area contributed by atoms with Gasteiger partial charge in [0.2, 0.25) is 5.91 Å². The van der Waals surface area contributed by atoms with Crippen molar-refractivity contribution in [3.63, 3.8) is 0 Å². The summed E-state index contributed by atoms with van der Waals surface area (Å²) in [6, 6.07) is -0.159. The molecule has 0 radical (unpaired) electrons. The van der Waals surface area contributed by atoms with E-state index in [4.69, 9.17) is 5.73 Å². The molecule has 0 bridgehead atoms. The van der Waals surface area contributed by atoms with Gasteiger partial charge in [-0.2, -0.15) is 0 Å². The molecule has 0 aromatic rings. The van der Waals surface area contributed by atoms with E-state index in [1.165, 1.54) is 7.11 Å². The maximum atomic E-state index is 11.9. The third-order valence-electron chi connectivity index (χ3n) is 3.03. The van der Waals surface area contributed by atoms with E-state index in [1.54, 1.807) is 11.9 Å². The van der Waals surface area contributed by atoms with Crippen molar-refractivity contribution >= 4 is 11.9 Å². The standard InChI is InChI=1S/C13H26N2O3/c1-13(2,3)10(14)9-11(16)15(4)8-6-7-12(17)18-5/h10H,6-9,14H2,1-5H3. The molecule has 0 fully saturated rings. The molecule has 0 heterocycles. The Bertz CT molecular complexity index is 284. The second-order valence-electron chi connectivity index (χ2n) is 5.67. The van der Waals surface area contributed by atoms with E-state index in [1.807, 2.05) is 20.8 Å². The Balaban J connectivity index is 4.01. The van der Waals surface area contributed by atoms with Gasteiger partial charge in [-0.05, 0) is 11.8 Å². The molecular weight excluding hydrogens is 232 g/mol. The quantitative estimate of drug-likeness (QED) is 0.726. The average Bonchev–Trinajstić information content (AvgIpc) is 2.27. The van der Waals surface area contributed by atoms with Crippen LogP contribution >= 0.6 is 0 Å². The van der Waals surface area contributed by atoms with Crippen LogP contribution in [0.3, 0.4) is 0 Å². The summed E-state index contributed by atoms with van der Waals surface area (Å²) in [7, 11) is 3.09. The molecule has 5 nitrogen and oxygen atoms in total. The maximum Gasteiger partial charge on any atom is 0.305 e. The molecule has 0 saturated carbocycles. The molecule has 0 spiro atoms. The van der Waals surface area contributed by atoms with Gasteiger partial charge >= 0.3 is 5.97 Å². The maximum absolute atomic E-state index is 11.9. The van der Waals surface area contributed by atoms with E-state index < -0.39 is 0 Å². The highest BCUT2D eigenvalue weighted by atomic mass is 16.5. The highest BCUT2D eigenvalue weighted by Crippen LogP contribution is 2.20. The zero-order valence-corrected chi connectivity index (χ0v) is 12.2. The van der Waals surface area contributed by atoms with Crippen LogP contribution in [0.2, 0.25) is 0 Å². The summed E-state index contributed by atoms with van der Waals surface area (Å²) < 4.78 is 4.54. The fourth-order valence-corrected chi connectivity index (χ4v) is 1.34. The second kappa shape index (κ2) is 7.36. The lowest BCUT2D eigenvalue weighted by atomic mass is 9.85. The van der Waals surface area contributed by atoms with Crippen LogP contribution in [0.25, 0.3) is 0 Å².